The highest BCUT2D eigenvalue weighted by Crippen LogP contribution is 2.19. The number of alkyl halides is 3. The molecule has 1 saturated heterocycles. The third-order valence-electron chi connectivity index (χ3n) is 4.06. The van der Waals surface area contributed by atoms with Crippen molar-refractivity contribution < 1.29 is 22.7 Å². The van der Waals surface area contributed by atoms with Crippen molar-refractivity contribution in [3.05, 3.63) is 0 Å². The molecule has 0 saturated carbocycles. The number of nitrogens with zero attached hydrogens (tertiary/aromatic N) is 3. The van der Waals surface area contributed by atoms with Gasteiger partial charge in [-0.2, -0.15) is 13.2 Å². The Morgan fingerprint density at radius 3 is 2.50 bits per heavy atom. The van der Waals surface area contributed by atoms with Crippen LogP contribution >= 0.6 is 0 Å². The van der Waals surface area contributed by atoms with Gasteiger partial charge in [0.1, 0.15) is 5.60 Å². The van der Waals surface area contributed by atoms with Gasteiger partial charge in [-0.3, -0.25) is 9.89 Å². The van der Waals surface area contributed by atoms with Gasteiger partial charge in [0.15, 0.2) is 5.96 Å². The predicted octanol–water partition coefficient (Wildman–Crippen LogP) is 2.44. The van der Waals surface area contributed by atoms with Gasteiger partial charge in [0, 0.05) is 45.8 Å². The monoisotopic (exact) mass is 409 g/mol. The number of hydrogen-bond donors (Lipinski definition) is 2. The van der Waals surface area contributed by atoms with Crippen LogP contribution in [0.1, 0.15) is 40.5 Å². The van der Waals surface area contributed by atoms with Gasteiger partial charge in [-0.25, -0.2) is 4.79 Å². The lowest BCUT2D eigenvalue weighted by Gasteiger charge is -2.27. The summed E-state index contributed by atoms with van der Waals surface area (Å²) in [7, 11) is 1.61. The molecular formula is C18H34F3N5O2. The number of carbonyl (C=O) groups excluding carboxylic acids is 1. The van der Waals surface area contributed by atoms with E-state index in [1.807, 2.05) is 27.7 Å². The third-order valence-corrected chi connectivity index (χ3v) is 4.06. The Kier molecular flexibility index (Phi) is 9.32. The molecular weight excluding hydrogens is 375 g/mol. The minimum Gasteiger partial charge on any atom is -0.444 e. The first-order chi connectivity index (χ1) is 12.9. The van der Waals surface area contributed by atoms with Crippen LogP contribution in [0.25, 0.3) is 0 Å². The highest BCUT2D eigenvalue weighted by atomic mass is 19.4. The van der Waals surface area contributed by atoms with Crippen molar-refractivity contribution in [2.45, 2.75) is 58.4 Å². The van der Waals surface area contributed by atoms with E-state index in [0.717, 1.165) is 6.42 Å². The van der Waals surface area contributed by atoms with E-state index in [4.69, 9.17) is 4.74 Å². The van der Waals surface area contributed by atoms with Crippen molar-refractivity contribution in [1.29, 1.82) is 0 Å². The second kappa shape index (κ2) is 10.7. The molecule has 28 heavy (non-hydrogen) atoms. The van der Waals surface area contributed by atoms with E-state index in [0.29, 0.717) is 45.1 Å². The molecule has 0 bridgehead atoms. The Morgan fingerprint density at radius 1 is 1.29 bits per heavy atom. The first kappa shape index (κ1) is 24.3. The third kappa shape index (κ3) is 10.0. The zero-order valence-corrected chi connectivity index (χ0v) is 17.5. The maximum atomic E-state index is 12.5. The highest BCUT2D eigenvalue weighted by Gasteiger charge is 2.34. The normalized spacial score (nSPS) is 18.9. The molecule has 1 amide bonds. The van der Waals surface area contributed by atoms with Gasteiger partial charge in [0.05, 0.1) is 6.54 Å². The summed E-state index contributed by atoms with van der Waals surface area (Å²) in [6, 6.07) is -0.0915. The second-order valence-corrected chi connectivity index (χ2v) is 7.95. The summed E-state index contributed by atoms with van der Waals surface area (Å²) in [5.74, 6) is 0.513. The van der Waals surface area contributed by atoms with E-state index in [2.05, 4.69) is 15.6 Å². The fourth-order valence-corrected chi connectivity index (χ4v) is 2.94. The van der Waals surface area contributed by atoms with E-state index in [1.54, 1.807) is 11.9 Å². The van der Waals surface area contributed by atoms with E-state index in [9.17, 15) is 18.0 Å². The number of amides is 1. The van der Waals surface area contributed by atoms with Crippen LogP contribution in [0.4, 0.5) is 18.0 Å². The Balaban J connectivity index is 2.43. The lowest BCUT2D eigenvalue weighted by molar-refractivity contribution is -0.143. The van der Waals surface area contributed by atoms with Gasteiger partial charge < -0.3 is 20.3 Å². The van der Waals surface area contributed by atoms with E-state index >= 15 is 0 Å². The average Bonchev–Trinajstić information content (AvgIpc) is 2.96. The summed E-state index contributed by atoms with van der Waals surface area (Å²) in [6.07, 6.45) is -3.11. The molecule has 0 radical (unpaired) electrons. The average molecular weight is 409 g/mol. The number of guanidine groups is 1. The number of likely N-dealkylation sites (tertiary alicyclic amines) is 1. The molecule has 7 nitrogen and oxygen atoms in total. The fraction of sp³-hybridized carbons (Fsp3) is 0.889. The SMILES string of the molecule is CCCN(CCNC(=NC)NC1CCN(CC(F)(F)F)C1)C(=O)OC(C)(C)C. The fourth-order valence-electron chi connectivity index (χ4n) is 2.94. The van der Waals surface area contributed by atoms with Crippen LogP contribution in [0.5, 0.6) is 0 Å². The summed E-state index contributed by atoms with van der Waals surface area (Å²) < 4.78 is 42.9. The number of ether oxygens (including phenoxy) is 1. The summed E-state index contributed by atoms with van der Waals surface area (Å²) >= 11 is 0. The molecule has 0 aromatic carbocycles. The number of rotatable bonds is 7. The zero-order chi connectivity index (χ0) is 21.4. The maximum absolute atomic E-state index is 12.5. The van der Waals surface area contributed by atoms with Gasteiger partial charge in [-0.15, -0.1) is 0 Å². The molecule has 1 aliphatic rings. The standard InChI is InChI=1S/C18H34F3N5O2/c1-6-9-26(16(27)28-17(2,3)4)11-8-23-15(22-5)24-14-7-10-25(12-14)13-18(19,20)21/h14H,6-13H2,1-5H3,(H2,22,23,24). The van der Waals surface area contributed by atoms with E-state index in [1.165, 1.54) is 4.90 Å². The van der Waals surface area contributed by atoms with E-state index < -0.39 is 18.3 Å². The number of carbonyl (C=O) groups is 1. The molecule has 1 unspecified atom stereocenters. The topological polar surface area (TPSA) is 69.2 Å². The Labute approximate surface area is 165 Å². The minimum absolute atomic E-state index is 0.0915. The second-order valence-electron chi connectivity index (χ2n) is 7.95. The first-order valence-corrected chi connectivity index (χ1v) is 9.67. The molecule has 0 aliphatic carbocycles. The molecule has 0 aromatic rings. The van der Waals surface area contributed by atoms with Crippen LogP contribution in [0.15, 0.2) is 4.99 Å². The molecule has 1 heterocycles. The molecule has 0 spiro atoms. The van der Waals surface area contributed by atoms with Crippen molar-refractivity contribution in [2.75, 3.05) is 46.3 Å². The van der Waals surface area contributed by atoms with Crippen molar-refractivity contribution in [3.8, 4) is 0 Å². The molecule has 1 rings (SSSR count). The Morgan fingerprint density at radius 2 is 1.96 bits per heavy atom. The van der Waals surface area contributed by atoms with Crippen molar-refractivity contribution in [1.82, 2.24) is 20.4 Å². The smallest absolute Gasteiger partial charge is 0.410 e. The van der Waals surface area contributed by atoms with Crippen LogP contribution in [0, 0.1) is 0 Å². The van der Waals surface area contributed by atoms with Gasteiger partial charge in [-0.1, -0.05) is 6.92 Å². The minimum atomic E-state index is -4.18. The highest BCUT2D eigenvalue weighted by molar-refractivity contribution is 5.80. The van der Waals surface area contributed by atoms with Crippen LogP contribution in [-0.4, -0.2) is 86.0 Å². The largest absolute Gasteiger partial charge is 0.444 e. The molecule has 1 aliphatic heterocycles. The molecule has 2 N–H and O–H groups in total. The Hall–Kier alpha value is -1.71. The quantitative estimate of drug-likeness (QED) is 0.499. The predicted molar refractivity (Wildman–Crippen MR) is 103 cm³/mol. The number of hydrogen-bond acceptors (Lipinski definition) is 4. The van der Waals surface area contributed by atoms with Gasteiger partial charge in [-0.05, 0) is 33.6 Å². The lowest BCUT2D eigenvalue weighted by Crippen LogP contribution is -2.48. The molecule has 1 fully saturated rings. The number of aliphatic imine (C=N–C) groups is 1. The van der Waals surface area contributed by atoms with Crippen LogP contribution in [0.2, 0.25) is 0 Å². The van der Waals surface area contributed by atoms with Gasteiger partial charge in [0.25, 0.3) is 0 Å². The van der Waals surface area contributed by atoms with Crippen molar-refractivity contribution in [3.63, 3.8) is 0 Å². The summed E-state index contributed by atoms with van der Waals surface area (Å²) in [6.45, 7) is 8.76. The molecule has 10 heteroatoms. The Bertz CT molecular complexity index is 520. The van der Waals surface area contributed by atoms with Crippen molar-refractivity contribution >= 4 is 12.1 Å². The van der Waals surface area contributed by atoms with Gasteiger partial charge >= 0.3 is 12.3 Å². The molecule has 1 atom stereocenters. The molecule has 164 valence electrons. The summed E-state index contributed by atoms with van der Waals surface area (Å²) in [5, 5.41) is 6.26. The first-order valence-electron chi connectivity index (χ1n) is 9.67. The number of nitrogens with one attached hydrogen (secondary N) is 2. The number of halogens is 3. The van der Waals surface area contributed by atoms with E-state index in [-0.39, 0.29) is 12.1 Å². The maximum Gasteiger partial charge on any atom is 0.410 e. The van der Waals surface area contributed by atoms with Crippen molar-refractivity contribution in [2.24, 2.45) is 4.99 Å². The summed E-state index contributed by atoms with van der Waals surface area (Å²) in [4.78, 5) is 19.4. The van der Waals surface area contributed by atoms with Crippen LogP contribution in [-0.2, 0) is 4.74 Å². The molecule has 0 aromatic heterocycles. The van der Waals surface area contributed by atoms with Crippen LogP contribution in [0.3, 0.4) is 0 Å². The lowest BCUT2D eigenvalue weighted by atomic mass is 10.2. The van der Waals surface area contributed by atoms with Crippen LogP contribution < -0.4 is 10.6 Å². The summed E-state index contributed by atoms with van der Waals surface area (Å²) in [5.41, 5.74) is -0.557. The van der Waals surface area contributed by atoms with Gasteiger partial charge in [0.2, 0.25) is 0 Å². The zero-order valence-electron chi connectivity index (χ0n) is 17.5.